The normalized spacial score (nSPS) is 10.8. The molecule has 0 N–H and O–H groups in total. The summed E-state index contributed by atoms with van der Waals surface area (Å²) in [6, 6.07) is 8.20. The summed E-state index contributed by atoms with van der Waals surface area (Å²) in [7, 11) is 3.37. The molecule has 0 aliphatic rings. The Hall–Kier alpha value is -2.60. The van der Waals surface area contributed by atoms with Gasteiger partial charge in [0.2, 0.25) is 0 Å². The number of rotatable bonds is 4. The Morgan fingerprint density at radius 3 is 2.67 bits per heavy atom. The predicted octanol–water partition coefficient (Wildman–Crippen LogP) is 3.28. The maximum Gasteiger partial charge on any atom is 0.259 e. The molecule has 1 aromatic carbocycles. The highest BCUT2D eigenvalue weighted by molar-refractivity contribution is 6.31. The maximum atomic E-state index is 13.9. The summed E-state index contributed by atoms with van der Waals surface area (Å²) in [6.45, 7) is 0.0738. The van der Waals surface area contributed by atoms with Crippen LogP contribution in [0.15, 0.2) is 48.9 Å². The van der Waals surface area contributed by atoms with Gasteiger partial charge in [-0.1, -0.05) is 17.7 Å². The van der Waals surface area contributed by atoms with Gasteiger partial charge in [-0.3, -0.25) is 9.48 Å². The molecule has 0 saturated carbocycles. The Labute approximate surface area is 143 Å². The van der Waals surface area contributed by atoms with Crippen molar-refractivity contribution >= 4 is 17.5 Å². The summed E-state index contributed by atoms with van der Waals surface area (Å²) < 4.78 is 17.4. The van der Waals surface area contributed by atoms with Gasteiger partial charge in [-0.15, -0.1) is 0 Å². The summed E-state index contributed by atoms with van der Waals surface area (Å²) in [5.41, 5.74) is 0.727. The predicted molar refractivity (Wildman–Crippen MR) is 89.7 cm³/mol. The minimum atomic E-state index is -0.432. The Morgan fingerprint density at radius 1 is 1.29 bits per heavy atom. The summed E-state index contributed by atoms with van der Waals surface area (Å²) in [6.07, 6.45) is 5.18. The van der Waals surface area contributed by atoms with Crippen LogP contribution in [0.25, 0.3) is 5.82 Å². The monoisotopic (exact) mass is 346 g/mol. The third-order valence-electron chi connectivity index (χ3n) is 3.79. The average Bonchev–Trinajstić information content (AvgIpc) is 3.19. The minimum Gasteiger partial charge on any atom is -0.337 e. The zero-order chi connectivity index (χ0) is 17.3. The maximum absolute atomic E-state index is 13.9. The van der Waals surface area contributed by atoms with Crippen molar-refractivity contribution < 1.29 is 9.18 Å². The van der Waals surface area contributed by atoms with Gasteiger partial charge in [-0.05, 0) is 24.3 Å². The highest BCUT2D eigenvalue weighted by atomic mass is 35.5. The smallest absolute Gasteiger partial charge is 0.259 e. The molecule has 0 fully saturated rings. The Kier molecular flexibility index (Phi) is 4.40. The highest BCUT2D eigenvalue weighted by Gasteiger charge is 2.22. The number of aryl methyl sites for hydroxylation is 1. The molecule has 0 spiro atoms. The molecular weight excluding hydrogens is 331 g/mol. The summed E-state index contributed by atoms with van der Waals surface area (Å²) in [5.74, 6) is -0.0402. The Bertz CT molecular complexity index is 853. The number of halogens is 2. The second kappa shape index (κ2) is 6.49. The van der Waals surface area contributed by atoms with E-state index in [2.05, 4.69) is 5.10 Å². The molecule has 3 rings (SSSR count). The van der Waals surface area contributed by atoms with E-state index in [4.69, 9.17) is 11.6 Å². The van der Waals surface area contributed by atoms with Crippen LogP contribution in [-0.2, 0) is 13.6 Å². The van der Waals surface area contributed by atoms with Crippen LogP contribution < -0.4 is 0 Å². The second-order valence-electron chi connectivity index (χ2n) is 5.46. The lowest BCUT2D eigenvalue weighted by Crippen LogP contribution is -2.27. The molecule has 0 unspecified atom stereocenters. The first kappa shape index (κ1) is 16.3. The van der Waals surface area contributed by atoms with E-state index in [0.29, 0.717) is 22.0 Å². The fourth-order valence-electron chi connectivity index (χ4n) is 2.56. The third kappa shape index (κ3) is 2.92. The first-order chi connectivity index (χ1) is 11.5. The Balaban J connectivity index is 1.90. The average molecular weight is 347 g/mol. The first-order valence-electron chi connectivity index (χ1n) is 7.32. The van der Waals surface area contributed by atoms with Crippen molar-refractivity contribution in [3.05, 3.63) is 70.9 Å². The van der Waals surface area contributed by atoms with Gasteiger partial charge in [0.15, 0.2) is 0 Å². The van der Waals surface area contributed by atoms with E-state index in [9.17, 15) is 9.18 Å². The van der Waals surface area contributed by atoms with Crippen molar-refractivity contribution in [1.29, 1.82) is 0 Å². The first-order valence-corrected chi connectivity index (χ1v) is 7.70. The molecule has 0 aliphatic heterocycles. The molecule has 0 aliphatic carbocycles. The Morgan fingerprint density at radius 2 is 2.00 bits per heavy atom. The number of carbonyl (C=O) groups excluding carboxylic acids is 1. The standard InChI is InChI=1S/C17H16ClFN4O/c1-21(11-13-14(18)6-5-7-15(13)19)17(24)12-10-20-22(2)16(12)23-8-3-4-9-23/h3-10H,11H2,1-2H3. The molecule has 0 radical (unpaired) electrons. The number of nitrogens with zero attached hydrogens (tertiary/aromatic N) is 4. The number of hydrogen-bond acceptors (Lipinski definition) is 2. The summed E-state index contributed by atoms with van der Waals surface area (Å²) in [5, 5.41) is 4.46. The lowest BCUT2D eigenvalue weighted by Gasteiger charge is -2.19. The molecule has 24 heavy (non-hydrogen) atoms. The van der Waals surface area contributed by atoms with Crippen molar-refractivity contribution in [1.82, 2.24) is 19.2 Å². The van der Waals surface area contributed by atoms with Crippen LogP contribution in [-0.4, -0.2) is 32.2 Å². The zero-order valence-corrected chi connectivity index (χ0v) is 14.0. The second-order valence-corrected chi connectivity index (χ2v) is 5.86. The van der Waals surface area contributed by atoms with Gasteiger partial charge < -0.3 is 9.47 Å². The van der Waals surface area contributed by atoms with Crippen LogP contribution >= 0.6 is 11.6 Å². The van der Waals surface area contributed by atoms with Gasteiger partial charge in [-0.2, -0.15) is 5.10 Å². The van der Waals surface area contributed by atoms with Gasteiger partial charge in [-0.25, -0.2) is 4.39 Å². The number of amides is 1. The lowest BCUT2D eigenvalue weighted by molar-refractivity contribution is 0.0784. The topological polar surface area (TPSA) is 43.1 Å². The van der Waals surface area contributed by atoms with Crippen LogP contribution in [0, 0.1) is 5.82 Å². The molecule has 2 heterocycles. The van der Waals surface area contributed by atoms with Crippen LogP contribution in [0.2, 0.25) is 5.02 Å². The summed E-state index contributed by atoms with van der Waals surface area (Å²) >= 11 is 6.04. The van der Waals surface area contributed by atoms with Gasteiger partial charge in [0.25, 0.3) is 5.91 Å². The van der Waals surface area contributed by atoms with E-state index in [-0.39, 0.29) is 12.5 Å². The van der Waals surface area contributed by atoms with Gasteiger partial charge >= 0.3 is 0 Å². The molecule has 1 amide bonds. The van der Waals surface area contributed by atoms with E-state index in [1.54, 1.807) is 24.8 Å². The quantitative estimate of drug-likeness (QED) is 0.727. The van der Waals surface area contributed by atoms with Crippen molar-refractivity contribution in [2.24, 2.45) is 7.05 Å². The molecule has 3 aromatic rings. The SMILES string of the molecule is CN(Cc1c(F)cccc1Cl)C(=O)c1cnn(C)c1-n1cccc1. The van der Waals surface area contributed by atoms with Crippen LogP contribution in [0.1, 0.15) is 15.9 Å². The molecule has 5 nitrogen and oxygen atoms in total. The van der Waals surface area contributed by atoms with Crippen molar-refractivity contribution in [2.45, 2.75) is 6.54 Å². The number of benzene rings is 1. The molecule has 0 atom stereocenters. The van der Waals surface area contributed by atoms with E-state index in [1.807, 2.05) is 29.1 Å². The van der Waals surface area contributed by atoms with Crippen LogP contribution in [0.3, 0.4) is 0 Å². The van der Waals surface area contributed by atoms with Crippen molar-refractivity contribution in [3.8, 4) is 5.82 Å². The number of hydrogen-bond donors (Lipinski definition) is 0. The molecule has 124 valence electrons. The van der Waals surface area contributed by atoms with Crippen molar-refractivity contribution in [3.63, 3.8) is 0 Å². The molecule has 0 bridgehead atoms. The van der Waals surface area contributed by atoms with Crippen molar-refractivity contribution in [2.75, 3.05) is 7.05 Å². The van der Waals surface area contributed by atoms with Gasteiger partial charge in [0.05, 0.1) is 6.20 Å². The van der Waals surface area contributed by atoms with Gasteiger partial charge in [0, 0.05) is 43.6 Å². The van der Waals surface area contributed by atoms with E-state index in [1.165, 1.54) is 23.2 Å². The molecule has 7 heteroatoms. The molecular formula is C17H16ClFN4O. The molecule has 0 saturated heterocycles. The minimum absolute atomic E-state index is 0.0738. The van der Waals surface area contributed by atoms with E-state index < -0.39 is 5.82 Å². The zero-order valence-electron chi connectivity index (χ0n) is 13.3. The summed E-state index contributed by atoms with van der Waals surface area (Å²) in [4.78, 5) is 14.2. The van der Waals surface area contributed by atoms with E-state index >= 15 is 0 Å². The third-order valence-corrected chi connectivity index (χ3v) is 4.14. The lowest BCUT2D eigenvalue weighted by atomic mass is 10.2. The van der Waals surface area contributed by atoms with E-state index in [0.717, 1.165) is 0 Å². The number of aromatic nitrogens is 3. The van der Waals surface area contributed by atoms with Crippen LogP contribution in [0.5, 0.6) is 0 Å². The van der Waals surface area contributed by atoms with Gasteiger partial charge in [0.1, 0.15) is 17.2 Å². The highest BCUT2D eigenvalue weighted by Crippen LogP contribution is 2.22. The number of carbonyl (C=O) groups is 1. The molecule has 2 aromatic heterocycles. The fourth-order valence-corrected chi connectivity index (χ4v) is 2.78. The fraction of sp³-hybridized carbons (Fsp3) is 0.176. The van der Waals surface area contributed by atoms with Crippen LogP contribution in [0.4, 0.5) is 4.39 Å². The largest absolute Gasteiger partial charge is 0.337 e.